The van der Waals surface area contributed by atoms with Crippen LogP contribution in [0, 0.1) is 0 Å². The van der Waals surface area contributed by atoms with E-state index in [2.05, 4.69) is 6.92 Å². The van der Waals surface area contributed by atoms with Crippen molar-refractivity contribution < 1.29 is 20.5 Å². The lowest BCUT2D eigenvalue weighted by atomic mass is 10.0. The number of rotatable bonds is 16. The quantitative estimate of drug-likeness (QED) is 0.411. The van der Waals surface area contributed by atoms with Crippen molar-refractivity contribution in [3.05, 3.63) is 0 Å². The molecule has 0 rings (SSSR count). The minimum absolute atomic E-state index is 0. The molecule has 0 aliphatic rings. The first-order valence-electron chi connectivity index (χ1n) is 9.09. The van der Waals surface area contributed by atoms with Gasteiger partial charge in [-0.15, -0.1) is 0 Å². The minimum Gasteiger partial charge on any atom is -0.479 e. The molecule has 0 amide bonds. The molecule has 0 radical (unpaired) electrons. The molecule has 0 aromatic rings. The van der Waals surface area contributed by atoms with E-state index in [0.29, 0.717) is 6.42 Å². The zero-order chi connectivity index (χ0) is 15.8. The second kappa shape index (κ2) is 18.4. The van der Waals surface area contributed by atoms with E-state index in [1.807, 2.05) is 0 Å². The molecule has 4 heteroatoms. The summed E-state index contributed by atoms with van der Waals surface area (Å²) in [7, 11) is 0. The molecule has 0 saturated heterocycles. The Morgan fingerprint density at radius 2 is 1.05 bits per heavy atom. The average Bonchev–Trinajstić information content (AvgIpc) is 2.47. The third-order valence-corrected chi connectivity index (χ3v) is 4.12. The van der Waals surface area contributed by atoms with Gasteiger partial charge in [0.2, 0.25) is 0 Å². The van der Waals surface area contributed by atoms with Crippen molar-refractivity contribution in [2.45, 2.75) is 109 Å². The van der Waals surface area contributed by atoms with Crippen LogP contribution in [-0.2, 0) is 4.79 Å². The standard InChI is InChI=1S/C18H36O3.H2O/c1-2-3-4-5-6-7-8-9-10-11-12-13-14-15-16-17(19)18(20)21;/h17,19H,2-16H2,1H3,(H,20,21);1H2. The summed E-state index contributed by atoms with van der Waals surface area (Å²) in [4.78, 5) is 10.4. The number of carboxylic acid groups (broad SMARTS) is 1. The third-order valence-electron chi connectivity index (χ3n) is 4.12. The molecule has 0 spiro atoms. The van der Waals surface area contributed by atoms with Crippen LogP contribution >= 0.6 is 0 Å². The monoisotopic (exact) mass is 318 g/mol. The number of hydrogen-bond donors (Lipinski definition) is 2. The zero-order valence-electron chi connectivity index (χ0n) is 14.5. The maximum Gasteiger partial charge on any atom is 0.332 e. The number of aliphatic hydroxyl groups excluding tert-OH is 1. The van der Waals surface area contributed by atoms with Crippen LogP contribution in [0.2, 0.25) is 0 Å². The molecule has 134 valence electrons. The number of hydrogen-bond acceptors (Lipinski definition) is 2. The molecule has 0 heterocycles. The van der Waals surface area contributed by atoms with Crippen LogP contribution in [0.15, 0.2) is 0 Å². The fraction of sp³-hybridized carbons (Fsp3) is 0.944. The van der Waals surface area contributed by atoms with Crippen LogP contribution in [0.5, 0.6) is 0 Å². The van der Waals surface area contributed by atoms with E-state index in [4.69, 9.17) is 10.2 Å². The van der Waals surface area contributed by atoms with Gasteiger partial charge in [-0.25, -0.2) is 4.79 Å². The van der Waals surface area contributed by atoms with Crippen molar-refractivity contribution in [3.63, 3.8) is 0 Å². The second-order valence-corrected chi connectivity index (χ2v) is 6.24. The van der Waals surface area contributed by atoms with Crippen molar-refractivity contribution in [2.24, 2.45) is 0 Å². The second-order valence-electron chi connectivity index (χ2n) is 6.24. The number of carboxylic acids is 1. The Bertz CT molecular complexity index is 231. The van der Waals surface area contributed by atoms with Crippen molar-refractivity contribution in [1.82, 2.24) is 0 Å². The van der Waals surface area contributed by atoms with Gasteiger partial charge >= 0.3 is 5.97 Å². The summed E-state index contributed by atoms with van der Waals surface area (Å²) in [6, 6.07) is 0. The number of carbonyl (C=O) groups is 1. The van der Waals surface area contributed by atoms with Gasteiger partial charge in [-0.3, -0.25) is 0 Å². The first-order chi connectivity index (χ1) is 10.2. The number of aliphatic hydroxyl groups is 1. The summed E-state index contributed by atoms with van der Waals surface area (Å²) >= 11 is 0. The van der Waals surface area contributed by atoms with Crippen molar-refractivity contribution in [2.75, 3.05) is 0 Å². The van der Waals surface area contributed by atoms with Gasteiger partial charge in [0.05, 0.1) is 0 Å². The van der Waals surface area contributed by atoms with E-state index in [1.165, 1.54) is 77.0 Å². The normalized spacial score (nSPS) is 11.9. The van der Waals surface area contributed by atoms with E-state index < -0.39 is 12.1 Å². The SMILES string of the molecule is CCCCCCCCCCCCCCCCC(O)C(=O)O.O. The first-order valence-corrected chi connectivity index (χ1v) is 9.09. The Morgan fingerprint density at radius 1 is 0.727 bits per heavy atom. The Labute approximate surface area is 136 Å². The smallest absolute Gasteiger partial charge is 0.332 e. The molecule has 4 N–H and O–H groups in total. The number of unbranched alkanes of at least 4 members (excludes halogenated alkanes) is 13. The summed E-state index contributed by atoms with van der Waals surface area (Å²) in [5.74, 6) is -1.09. The van der Waals surface area contributed by atoms with Crippen molar-refractivity contribution in [3.8, 4) is 0 Å². The summed E-state index contributed by atoms with van der Waals surface area (Å²) < 4.78 is 0. The zero-order valence-corrected chi connectivity index (χ0v) is 14.5. The lowest BCUT2D eigenvalue weighted by molar-refractivity contribution is -0.146. The van der Waals surface area contributed by atoms with Gasteiger partial charge in [-0.2, -0.15) is 0 Å². The van der Waals surface area contributed by atoms with Gasteiger partial charge in [0.15, 0.2) is 6.10 Å². The fourth-order valence-corrected chi connectivity index (χ4v) is 2.66. The fourth-order valence-electron chi connectivity index (χ4n) is 2.66. The van der Waals surface area contributed by atoms with Crippen molar-refractivity contribution in [1.29, 1.82) is 0 Å². The molecule has 22 heavy (non-hydrogen) atoms. The van der Waals surface area contributed by atoms with E-state index in [0.717, 1.165) is 12.8 Å². The maximum absolute atomic E-state index is 10.4. The highest BCUT2D eigenvalue weighted by Gasteiger charge is 2.11. The van der Waals surface area contributed by atoms with E-state index >= 15 is 0 Å². The molecule has 4 nitrogen and oxygen atoms in total. The topological polar surface area (TPSA) is 89.0 Å². The summed E-state index contributed by atoms with van der Waals surface area (Å²) in [5.41, 5.74) is 0. The Kier molecular flexibility index (Phi) is 19.8. The summed E-state index contributed by atoms with van der Waals surface area (Å²) in [5, 5.41) is 17.7. The molecule has 0 saturated carbocycles. The van der Waals surface area contributed by atoms with Crippen LogP contribution in [0.25, 0.3) is 0 Å². The van der Waals surface area contributed by atoms with E-state index in [9.17, 15) is 4.79 Å². The largest absolute Gasteiger partial charge is 0.479 e. The van der Waals surface area contributed by atoms with Crippen LogP contribution < -0.4 is 0 Å². The molecule has 0 bridgehead atoms. The highest BCUT2D eigenvalue weighted by Crippen LogP contribution is 2.13. The van der Waals surface area contributed by atoms with E-state index in [-0.39, 0.29) is 5.48 Å². The highest BCUT2D eigenvalue weighted by molar-refractivity contribution is 5.71. The molecule has 0 aromatic carbocycles. The van der Waals surface area contributed by atoms with E-state index in [1.54, 1.807) is 0 Å². The lowest BCUT2D eigenvalue weighted by Crippen LogP contribution is -2.18. The number of aliphatic carboxylic acids is 1. The lowest BCUT2D eigenvalue weighted by Gasteiger charge is -2.05. The van der Waals surface area contributed by atoms with Gasteiger partial charge in [0.1, 0.15) is 0 Å². The average molecular weight is 318 g/mol. The first kappa shape index (κ1) is 23.7. The third kappa shape index (κ3) is 17.4. The summed E-state index contributed by atoms with van der Waals surface area (Å²) in [6.45, 7) is 2.26. The van der Waals surface area contributed by atoms with Gasteiger partial charge in [0.25, 0.3) is 0 Å². The Morgan fingerprint density at radius 3 is 1.36 bits per heavy atom. The van der Waals surface area contributed by atoms with Crippen LogP contribution in [0.3, 0.4) is 0 Å². The summed E-state index contributed by atoms with van der Waals surface area (Å²) in [6.07, 6.45) is 17.3. The van der Waals surface area contributed by atoms with Gasteiger partial charge < -0.3 is 15.7 Å². The molecule has 0 aromatic heterocycles. The molecule has 0 aliphatic carbocycles. The van der Waals surface area contributed by atoms with Gasteiger partial charge in [-0.05, 0) is 6.42 Å². The Balaban J connectivity index is 0. The molecule has 1 unspecified atom stereocenters. The van der Waals surface area contributed by atoms with Gasteiger partial charge in [0, 0.05) is 0 Å². The van der Waals surface area contributed by atoms with Crippen LogP contribution in [0.4, 0.5) is 0 Å². The Hall–Kier alpha value is -0.610. The van der Waals surface area contributed by atoms with Gasteiger partial charge in [-0.1, -0.05) is 96.8 Å². The maximum atomic E-state index is 10.4. The molecule has 0 aliphatic heterocycles. The van der Waals surface area contributed by atoms with Crippen LogP contribution in [0.1, 0.15) is 103 Å². The predicted molar refractivity (Wildman–Crippen MR) is 92.2 cm³/mol. The van der Waals surface area contributed by atoms with Crippen molar-refractivity contribution >= 4 is 5.97 Å². The molecular weight excluding hydrogens is 280 g/mol. The molecular formula is C18H38O4. The highest BCUT2D eigenvalue weighted by atomic mass is 16.4. The molecule has 0 fully saturated rings. The van der Waals surface area contributed by atoms with Crippen LogP contribution in [-0.4, -0.2) is 27.8 Å². The molecule has 1 atom stereocenters. The predicted octanol–water partition coefficient (Wildman–Crippen LogP) is 4.48. The minimum atomic E-state index is -1.16.